The lowest BCUT2D eigenvalue weighted by Gasteiger charge is -2.08. The molecule has 2 aromatic heterocycles. The highest BCUT2D eigenvalue weighted by Gasteiger charge is 2.00. The van der Waals surface area contributed by atoms with Crippen molar-refractivity contribution in [1.29, 1.82) is 0 Å². The largest absolute Gasteiger partial charge is 0.489 e. The molecule has 0 radical (unpaired) electrons. The van der Waals surface area contributed by atoms with Gasteiger partial charge in [-0.15, -0.1) is 0 Å². The second kappa shape index (κ2) is 6.56. The van der Waals surface area contributed by atoms with Crippen LogP contribution in [0.1, 0.15) is 0 Å². The zero-order chi connectivity index (χ0) is 12.6. The molecule has 0 bridgehead atoms. The number of hydrogen-bond acceptors (Lipinski definition) is 5. The van der Waals surface area contributed by atoms with Crippen LogP contribution in [0, 0.1) is 0 Å². The van der Waals surface area contributed by atoms with Crippen LogP contribution < -0.4 is 9.47 Å². The van der Waals surface area contributed by atoms with Gasteiger partial charge in [-0.05, 0) is 12.1 Å². The Morgan fingerprint density at radius 2 is 1.83 bits per heavy atom. The van der Waals surface area contributed by atoms with E-state index in [-0.39, 0.29) is 0 Å². The molecule has 2 aromatic rings. The highest BCUT2D eigenvalue weighted by atomic mass is 16.5. The van der Waals surface area contributed by atoms with Crippen LogP contribution in [-0.4, -0.2) is 30.3 Å². The minimum atomic E-state index is 0.481. The fourth-order valence-corrected chi connectivity index (χ4v) is 1.32. The molecule has 0 atom stereocenters. The average molecular weight is 246 g/mol. The van der Waals surface area contributed by atoms with E-state index in [9.17, 15) is 0 Å². The summed E-state index contributed by atoms with van der Waals surface area (Å²) in [5.41, 5.74) is 0. The van der Waals surface area contributed by atoms with Crippen molar-refractivity contribution in [2.24, 2.45) is 0 Å². The van der Waals surface area contributed by atoms with Crippen molar-refractivity contribution in [2.75, 3.05) is 20.3 Å². The van der Waals surface area contributed by atoms with E-state index in [4.69, 9.17) is 14.2 Å². The van der Waals surface area contributed by atoms with Crippen LogP contribution in [0.15, 0.2) is 43.0 Å². The first kappa shape index (κ1) is 12.3. The van der Waals surface area contributed by atoms with Gasteiger partial charge < -0.3 is 14.2 Å². The maximum Gasteiger partial charge on any atom is 0.149 e. The maximum absolute atomic E-state index is 5.59. The number of rotatable bonds is 6. The van der Waals surface area contributed by atoms with Gasteiger partial charge in [-0.1, -0.05) is 0 Å². The van der Waals surface area contributed by atoms with Gasteiger partial charge in [0, 0.05) is 19.4 Å². The fourth-order valence-electron chi connectivity index (χ4n) is 1.32. The Bertz CT molecular complexity index is 477. The van der Waals surface area contributed by atoms with Gasteiger partial charge in [0.1, 0.15) is 23.9 Å². The monoisotopic (exact) mass is 246 g/mol. The second-order valence-electron chi connectivity index (χ2n) is 3.49. The molecule has 2 rings (SSSR count). The van der Waals surface area contributed by atoms with Crippen molar-refractivity contribution in [1.82, 2.24) is 9.97 Å². The molecule has 0 aliphatic rings. The van der Waals surface area contributed by atoms with Crippen molar-refractivity contribution in [3.05, 3.63) is 43.0 Å². The van der Waals surface area contributed by atoms with Gasteiger partial charge in [-0.2, -0.15) is 0 Å². The van der Waals surface area contributed by atoms with Crippen LogP contribution in [0.4, 0.5) is 0 Å². The van der Waals surface area contributed by atoms with Crippen LogP contribution in [0.2, 0.25) is 0 Å². The lowest BCUT2D eigenvalue weighted by Crippen LogP contribution is -2.04. The molecule has 0 fully saturated rings. The molecule has 0 N–H and O–H groups in total. The third-order valence-corrected chi connectivity index (χ3v) is 2.11. The summed E-state index contributed by atoms with van der Waals surface area (Å²) < 4.78 is 15.9. The van der Waals surface area contributed by atoms with Gasteiger partial charge in [-0.3, -0.25) is 9.97 Å². The lowest BCUT2D eigenvalue weighted by atomic mass is 10.4. The molecule has 5 heteroatoms. The van der Waals surface area contributed by atoms with E-state index >= 15 is 0 Å². The molecule has 0 aromatic carbocycles. The Balaban J connectivity index is 1.99. The van der Waals surface area contributed by atoms with Crippen LogP contribution >= 0.6 is 0 Å². The van der Waals surface area contributed by atoms with Crippen LogP contribution in [0.5, 0.6) is 17.2 Å². The fraction of sp³-hybridized carbons (Fsp3) is 0.231. The SMILES string of the molecule is COCCOc1cncc(Oc2cccnc2)c1. The molecule has 0 spiro atoms. The van der Waals surface area contributed by atoms with Gasteiger partial charge in [0.15, 0.2) is 0 Å². The summed E-state index contributed by atoms with van der Waals surface area (Å²) in [5.74, 6) is 1.92. The molecular weight excluding hydrogens is 232 g/mol. The van der Waals surface area contributed by atoms with E-state index in [0.717, 1.165) is 0 Å². The van der Waals surface area contributed by atoms with Crippen molar-refractivity contribution in [2.45, 2.75) is 0 Å². The topological polar surface area (TPSA) is 53.5 Å². The molecule has 0 unspecified atom stereocenters. The number of hydrogen-bond donors (Lipinski definition) is 0. The average Bonchev–Trinajstić information content (AvgIpc) is 2.41. The van der Waals surface area contributed by atoms with Crippen molar-refractivity contribution in [3.63, 3.8) is 0 Å². The van der Waals surface area contributed by atoms with E-state index in [0.29, 0.717) is 30.5 Å². The van der Waals surface area contributed by atoms with E-state index in [1.165, 1.54) is 0 Å². The summed E-state index contributed by atoms with van der Waals surface area (Å²) in [7, 11) is 1.63. The molecule has 94 valence electrons. The Morgan fingerprint density at radius 3 is 2.61 bits per heavy atom. The Labute approximate surface area is 105 Å². The summed E-state index contributed by atoms with van der Waals surface area (Å²) in [6, 6.07) is 5.41. The zero-order valence-electron chi connectivity index (χ0n) is 10.1. The van der Waals surface area contributed by atoms with Crippen molar-refractivity contribution >= 4 is 0 Å². The summed E-state index contributed by atoms with van der Waals surface area (Å²) in [6.45, 7) is 1.02. The minimum Gasteiger partial charge on any atom is -0.489 e. The first-order chi connectivity index (χ1) is 8.88. The molecular formula is C13H14N2O3. The third kappa shape index (κ3) is 3.71. The third-order valence-electron chi connectivity index (χ3n) is 2.11. The Hall–Kier alpha value is -2.14. The zero-order valence-corrected chi connectivity index (χ0v) is 10.1. The number of ether oxygens (including phenoxy) is 3. The van der Waals surface area contributed by atoms with Gasteiger partial charge in [0.2, 0.25) is 0 Å². The molecule has 5 nitrogen and oxygen atoms in total. The molecule has 0 aliphatic heterocycles. The normalized spacial score (nSPS) is 10.1. The molecule has 0 saturated heterocycles. The highest BCUT2D eigenvalue weighted by molar-refractivity contribution is 5.32. The van der Waals surface area contributed by atoms with E-state index in [2.05, 4.69) is 9.97 Å². The summed E-state index contributed by atoms with van der Waals surface area (Å²) in [4.78, 5) is 8.02. The van der Waals surface area contributed by atoms with E-state index in [1.54, 1.807) is 38.0 Å². The van der Waals surface area contributed by atoms with Crippen LogP contribution in [0.25, 0.3) is 0 Å². The molecule has 0 saturated carbocycles. The first-order valence-electron chi connectivity index (χ1n) is 5.53. The van der Waals surface area contributed by atoms with Crippen molar-refractivity contribution < 1.29 is 14.2 Å². The molecule has 18 heavy (non-hydrogen) atoms. The predicted octanol–water partition coefficient (Wildman–Crippen LogP) is 2.29. The van der Waals surface area contributed by atoms with Gasteiger partial charge in [0.25, 0.3) is 0 Å². The standard InChI is InChI=1S/C13H14N2O3/c1-16-5-6-17-12-7-13(10-15-9-12)18-11-3-2-4-14-8-11/h2-4,7-10H,5-6H2,1H3. The van der Waals surface area contributed by atoms with Gasteiger partial charge >= 0.3 is 0 Å². The van der Waals surface area contributed by atoms with Gasteiger partial charge in [0.05, 0.1) is 25.2 Å². The summed E-state index contributed by atoms with van der Waals surface area (Å²) in [5, 5.41) is 0. The second-order valence-corrected chi connectivity index (χ2v) is 3.49. The van der Waals surface area contributed by atoms with E-state index in [1.807, 2.05) is 12.1 Å². The number of aromatic nitrogens is 2. The molecule has 0 aliphatic carbocycles. The Kier molecular flexibility index (Phi) is 4.49. The Morgan fingerprint density at radius 1 is 1.00 bits per heavy atom. The highest BCUT2D eigenvalue weighted by Crippen LogP contribution is 2.23. The smallest absolute Gasteiger partial charge is 0.149 e. The number of methoxy groups -OCH3 is 1. The summed E-state index contributed by atoms with van der Waals surface area (Å²) >= 11 is 0. The molecule has 2 heterocycles. The number of nitrogens with zero attached hydrogens (tertiary/aromatic N) is 2. The molecule has 0 amide bonds. The number of pyridine rings is 2. The summed E-state index contributed by atoms with van der Waals surface area (Å²) in [6.07, 6.45) is 6.58. The minimum absolute atomic E-state index is 0.481. The van der Waals surface area contributed by atoms with Gasteiger partial charge in [-0.25, -0.2) is 0 Å². The van der Waals surface area contributed by atoms with Crippen LogP contribution in [-0.2, 0) is 4.74 Å². The van der Waals surface area contributed by atoms with E-state index < -0.39 is 0 Å². The lowest BCUT2D eigenvalue weighted by molar-refractivity contribution is 0.146. The first-order valence-corrected chi connectivity index (χ1v) is 5.53. The predicted molar refractivity (Wildman–Crippen MR) is 65.9 cm³/mol. The van der Waals surface area contributed by atoms with Crippen LogP contribution in [0.3, 0.4) is 0 Å². The quantitative estimate of drug-likeness (QED) is 0.732. The van der Waals surface area contributed by atoms with Crippen molar-refractivity contribution in [3.8, 4) is 17.2 Å². The maximum atomic E-state index is 5.59.